The van der Waals surface area contributed by atoms with Crippen LogP contribution in [0.2, 0.25) is 5.02 Å². The highest BCUT2D eigenvalue weighted by Gasteiger charge is 2.11. The number of carboxylic acid groups (broad SMARTS) is 1. The number of aromatic nitrogens is 1. The van der Waals surface area contributed by atoms with Gasteiger partial charge < -0.3 is 14.4 Å². The van der Waals surface area contributed by atoms with E-state index in [9.17, 15) is 4.79 Å². The van der Waals surface area contributed by atoms with Crippen molar-refractivity contribution >= 4 is 17.6 Å². The summed E-state index contributed by atoms with van der Waals surface area (Å²) in [5.41, 5.74) is -0.150. The molecule has 0 amide bonds. The van der Waals surface area contributed by atoms with Crippen LogP contribution in [0.3, 0.4) is 0 Å². The molecule has 0 spiro atoms. The Hall–Kier alpha value is -2.01. The second-order valence-electron chi connectivity index (χ2n) is 3.20. The molecule has 0 aliphatic rings. The number of nitrogens with zero attached hydrogens (tertiary/aromatic N) is 1. The normalized spacial score (nSPS) is 10.2. The lowest BCUT2D eigenvalue weighted by molar-refractivity contribution is 0.0685. The molecule has 0 aliphatic carbocycles. The number of hydrogen-bond donors (Lipinski definition) is 1. The zero-order chi connectivity index (χ0) is 12.3. The number of rotatable bonds is 4. The molecule has 17 heavy (non-hydrogen) atoms. The molecule has 0 unspecified atom stereocenters. The highest BCUT2D eigenvalue weighted by Crippen LogP contribution is 2.24. The maximum Gasteiger partial charge on any atom is 0.358 e. The number of benzene rings is 1. The molecule has 0 fully saturated rings. The van der Waals surface area contributed by atoms with Gasteiger partial charge in [0.2, 0.25) is 0 Å². The Labute approximate surface area is 102 Å². The zero-order valence-corrected chi connectivity index (χ0v) is 9.35. The molecule has 1 aromatic carbocycles. The van der Waals surface area contributed by atoms with Gasteiger partial charge in [0.15, 0.2) is 11.5 Å². The number of ether oxygens (including phenoxy) is 1. The molecule has 0 aliphatic heterocycles. The van der Waals surface area contributed by atoms with Crippen molar-refractivity contribution in [3.8, 4) is 5.75 Å². The summed E-state index contributed by atoms with van der Waals surface area (Å²) >= 11 is 5.88. The second-order valence-corrected chi connectivity index (χ2v) is 3.61. The van der Waals surface area contributed by atoms with E-state index >= 15 is 0 Å². The average Bonchev–Trinajstić information content (AvgIpc) is 2.77. The summed E-state index contributed by atoms with van der Waals surface area (Å²) in [5, 5.41) is 12.5. The Balaban J connectivity index is 2.02. The Morgan fingerprint density at radius 3 is 2.88 bits per heavy atom. The van der Waals surface area contributed by atoms with Crippen molar-refractivity contribution in [1.82, 2.24) is 5.16 Å². The fourth-order valence-corrected chi connectivity index (χ4v) is 1.38. The smallest absolute Gasteiger partial charge is 0.358 e. The van der Waals surface area contributed by atoms with Gasteiger partial charge in [-0.15, -0.1) is 0 Å². The minimum absolute atomic E-state index is 0.0734. The van der Waals surface area contributed by atoms with Gasteiger partial charge in [-0.3, -0.25) is 0 Å². The first kappa shape index (κ1) is 11.5. The van der Waals surface area contributed by atoms with E-state index in [0.717, 1.165) is 0 Å². The lowest BCUT2D eigenvalue weighted by atomic mass is 10.3. The Kier molecular flexibility index (Phi) is 3.30. The zero-order valence-electron chi connectivity index (χ0n) is 8.59. The van der Waals surface area contributed by atoms with Crippen molar-refractivity contribution < 1.29 is 19.2 Å². The van der Waals surface area contributed by atoms with E-state index in [1.54, 1.807) is 24.3 Å². The molecule has 1 heterocycles. The molecule has 1 aromatic heterocycles. The van der Waals surface area contributed by atoms with Crippen molar-refractivity contribution in [1.29, 1.82) is 0 Å². The van der Waals surface area contributed by atoms with Crippen LogP contribution in [0.1, 0.15) is 16.2 Å². The summed E-state index contributed by atoms with van der Waals surface area (Å²) < 4.78 is 10.1. The lowest BCUT2D eigenvalue weighted by Gasteiger charge is -2.04. The Bertz CT molecular complexity index is 538. The monoisotopic (exact) mass is 253 g/mol. The quantitative estimate of drug-likeness (QED) is 0.907. The molecule has 2 aromatic rings. The molecule has 0 saturated carbocycles. The van der Waals surface area contributed by atoms with Crippen molar-refractivity contribution in [2.24, 2.45) is 0 Å². The van der Waals surface area contributed by atoms with E-state index in [1.165, 1.54) is 6.07 Å². The predicted octanol–water partition coefficient (Wildman–Crippen LogP) is 2.61. The van der Waals surface area contributed by atoms with Crippen molar-refractivity contribution in [3.05, 3.63) is 46.8 Å². The number of carboxylic acids is 1. The summed E-state index contributed by atoms with van der Waals surface area (Å²) in [7, 11) is 0. The van der Waals surface area contributed by atoms with Crippen LogP contribution in [0.15, 0.2) is 34.9 Å². The van der Waals surface area contributed by atoms with Gasteiger partial charge in [-0.25, -0.2) is 4.79 Å². The average molecular weight is 254 g/mol. The maximum absolute atomic E-state index is 10.6. The first-order valence-electron chi connectivity index (χ1n) is 4.73. The second kappa shape index (κ2) is 4.88. The Morgan fingerprint density at radius 2 is 2.24 bits per heavy atom. The number of halogens is 1. The van der Waals surface area contributed by atoms with Gasteiger partial charge in [-0.05, 0) is 12.1 Å². The first-order valence-corrected chi connectivity index (χ1v) is 5.11. The van der Waals surface area contributed by atoms with Crippen LogP contribution in [-0.2, 0) is 6.61 Å². The van der Waals surface area contributed by atoms with Crippen LogP contribution < -0.4 is 4.74 Å². The fraction of sp³-hybridized carbons (Fsp3) is 0.0909. The molecule has 0 bridgehead atoms. The fourth-order valence-electron chi connectivity index (χ4n) is 1.19. The van der Waals surface area contributed by atoms with Crippen molar-refractivity contribution in [3.63, 3.8) is 0 Å². The van der Waals surface area contributed by atoms with Crippen LogP contribution in [-0.4, -0.2) is 16.2 Å². The first-order chi connectivity index (χ1) is 8.16. The molecule has 1 N–H and O–H groups in total. The molecular weight excluding hydrogens is 246 g/mol. The molecule has 0 radical (unpaired) electrons. The van der Waals surface area contributed by atoms with Gasteiger partial charge in [0.1, 0.15) is 12.4 Å². The molecule has 0 saturated heterocycles. The number of para-hydroxylation sites is 1. The van der Waals surface area contributed by atoms with Gasteiger partial charge in [-0.1, -0.05) is 28.9 Å². The largest absolute Gasteiger partial charge is 0.484 e. The summed E-state index contributed by atoms with van der Waals surface area (Å²) in [6, 6.07) is 8.27. The van der Waals surface area contributed by atoms with Crippen LogP contribution in [0.25, 0.3) is 0 Å². The third-order valence-corrected chi connectivity index (χ3v) is 2.30. The Morgan fingerprint density at radius 1 is 1.47 bits per heavy atom. The van der Waals surface area contributed by atoms with E-state index in [4.69, 9.17) is 26.0 Å². The highest BCUT2D eigenvalue weighted by atomic mass is 35.5. The molecule has 88 valence electrons. The lowest BCUT2D eigenvalue weighted by Crippen LogP contribution is -1.96. The maximum atomic E-state index is 10.6. The third kappa shape index (κ3) is 2.76. The number of aromatic carboxylic acids is 1. The van der Waals surface area contributed by atoms with E-state index in [-0.39, 0.29) is 12.3 Å². The van der Waals surface area contributed by atoms with Crippen molar-refractivity contribution in [2.45, 2.75) is 6.61 Å². The van der Waals surface area contributed by atoms with Crippen LogP contribution in [0.4, 0.5) is 0 Å². The van der Waals surface area contributed by atoms with E-state index in [2.05, 4.69) is 5.16 Å². The number of hydrogen-bond acceptors (Lipinski definition) is 4. The van der Waals surface area contributed by atoms with Gasteiger partial charge >= 0.3 is 5.97 Å². The van der Waals surface area contributed by atoms with Crippen LogP contribution in [0, 0.1) is 0 Å². The van der Waals surface area contributed by atoms with Gasteiger partial charge in [0, 0.05) is 6.07 Å². The van der Waals surface area contributed by atoms with Gasteiger partial charge in [0.25, 0.3) is 0 Å². The standard InChI is InChI=1S/C11H8ClNO4/c12-8-3-1-2-4-10(8)16-6-7-5-9(11(14)15)13-17-7/h1-5H,6H2,(H,14,15). The van der Waals surface area contributed by atoms with Gasteiger partial charge in [0.05, 0.1) is 5.02 Å². The number of carbonyl (C=O) groups is 1. The summed E-state index contributed by atoms with van der Waals surface area (Å²) in [6.45, 7) is 0.0734. The summed E-state index contributed by atoms with van der Waals surface area (Å²) in [6.07, 6.45) is 0. The molecule has 0 atom stereocenters. The molecule has 6 heteroatoms. The minimum atomic E-state index is -1.14. The SMILES string of the molecule is O=C(O)c1cc(COc2ccccc2Cl)on1. The van der Waals surface area contributed by atoms with E-state index in [0.29, 0.717) is 16.5 Å². The highest BCUT2D eigenvalue weighted by molar-refractivity contribution is 6.32. The van der Waals surface area contributed by atoms with Crippen molar-refractivity contribution in [2.75, 3.05) is 0 Å². The molecular formula is C11H8ClNO4. The summed E-state index contributed by atoms with van der Waals surface area (Å²) in [4.78, 5) is 10.6. The van der Waals surface area contributed by atoms with E-state index < -0.39 is 5.97 Å². The topological polar surface area (TPSA) is 72.6 Å². The minimum Gasteiger partial charge on any atom is -0.484 e. The van der Waals surface area contributed by atoms with Crippen LogP contribution in [0.5, 0.6) is 5.75 Å². The molecule has 2 rings (SSSR count). The predicted molar refractivity (Wildman–Crippen MR) is 59.2 cm³/mol. The van der Waals surface area contributed by atoms with Gasteiger partial charge in [-0.2, -0.15) is 0 Å². The van der Waals surface area contributed by atoms with E-state index in [1.807, 2.05) is 0 Å². The molecule has 5 nitrogen and oxygen atoms in total. The third-order valence-electron chi connectivity index (χ3n) is 1.98. The van der Waals surface area contributed by atoms with Crippen LogP contribution >= 0.6 is 11.6 Å². The summed E-state index contributed by atoms with van der Waals surface area (Å²) in [5.74, 6) is -0.317.